The fourth-order valence-corrected chi connectivity index (χ4v) is 2.84. The van der Waals surface area contributed by atoms with E-state index < -0.39 is 14.6 Å². The Morgan fingerprint density at radius 3 is 1.67 bits per heavy atom. The van der Waals surface area contributed by atoms with Gasteiger partial charge in [0.25, 0.3) is 0 Å². The van der Waals surface area contributed by atoms with Crippen molar-refractivity contribution in [1.29, 1.82) is 0 Å². The normalized spacial score (nSPS) is 19.4. The molecule has 0 saturated carbocycles. The summed E-state index contributed by atoms with van der Waals surface area (Å²) in [6.07, 6.45) is 9.68. The number of rotatable bonds is 2. The number of hydrogen-bond acceptors (Lipinski definition) is 5. The molecule has 4 rings (SSSR count). The lowest BCUT2D eigenvalue weighted by molar-refractivity contribution is 0.145. The van der Waals surface area contributed by atoms with E-state index in [-0.39, 0.29) is 0 Å². The maximum Gasteiger partial charge on any atom is 0.702 e. The van der Waals surface area contributed by atoms with Crippen LogP contribution in [0.25, 0.3) is 12.2 Å². The van der Waals surface area contributed by atoms with Crippen molar-refractivity contribution in [2.75, 3.05) is 13.2 Å². The van der Waals surface area contributed by atoms with Gasteiger partial charge in [0.15, 0.2) is 0 Å². The third-order valence-electron chi connectivity index (χ3n) is 4.18. The Kier molecular flexibility index (Phi) is 5.94. The molecule has 0 unspecified atom stereocenters. The molecule has 7 heteroatoms. The van der Waals surface area contributed by atoms with Crippen molar-refractivity contribution in [3.63, 3.8) is 0 Å². The monoisotopic (exact) mass is 362 g/mol. The smallest absolute Gasteiger partial charge is 0.512 e. The molecule has 0 saturated heterocycles. The van der Waals surface area contributed by atoms with Crippen LogP contribution in [0.2, 0.25) is 0 Å². The molecule has 136 valence electrons. The van der Waals surface area contributed by atoms with Crippen molar-refractivity contribution in [3.05, 3.63) is 71.8 Å². The Labute approximate surface area is 159 Å². The zero-order chi connectivity index (χ0) is 18.3. The lowest BCUT2D eigenvalue weighted by Crippen LogP contribution is -2.42. The number of fused-ring (bicyclic) bond motifs is 2. The first kappa shape index (κ1) is 17.9. The van der Waals surface area contributed by atoms with E-state index in [9.17, 15) is 0 Å². The highest BCUT2D eigenvalue weighted by atomic mass is 16.8. The van der Waals surface area contributed by atoms with E-state index in [0.29, 0.717) is 24.7 Å². The Bertz CT molecular complexity index is 756. The van der Waals surface area contributed by atoms with Crippen LogP contribution < -0.4 is 9.31 Å². The number of para-hydroxylation sites is 2. The molecule has 2 aliphatic rings. The van der Waals surface area contributed by atoms with E-state index >= 15 is 0 Å². The summed E-state index contributed by atoms with van der Waals surface area (Å²) < 4.78 is 29.2. The molecule has 0 aromatic heterocycles. The first-order chi connectivity index (χ1) is 13.4. The van der Waals surface area contributed by atoms with Crippen molar-refractivity contribution >= 4 is 26.8 Å². The zero-order valence-corrected chi connectivity index (χ0v) is 15.0. The van der Waals surface area contributed by atoms with Crippen LogP contribution in [0.1, 0.15) is 24.0 Å². The minimum Gasteiger partial charge on any atom is -0.512 e. The molecule has 27 heavy (non-hydrogen) atoms. The van der Waals surface area contributed by atoms with Crippen LogP contribution in [-0.4, -0.2) is 27.9 Å². The molecule has 0 N–H and O–H groups in total. The summed E-state index contributed by atoms with van der Waals surface area (Å²) in [5.41, 5.74) is 1.95. The molecule has 2 heterocycles. The Balaban J connectivity index is 1.51. The van der Waals surface area contributed by atoms with E-state index in [1.807, 2.05) is 60.7 Å². The van der Waals surface area contributed by atoms with Gasteiger partial charge in [-0.3, -0.25) is 0 Å². The standard InChI is InChI=1S/C20H20B2O5/c1-3-13-19-17(9-1)11-5-7-15-23-21(25-19)27-22-24-16-8-6-12-18-10-2-4-14-20(18)26-22/h1-6,9-14H,7-8,15-16H2/b11-5-,12-6-. The van der Waals surface area contributed by atoms with Crippen molar-refractivity contribution in [2.24, 2.45) is 0 Å². The average molecular weight is 362 g/mol. The van der Waals surface area contributed by atoms with E-state index in [1.54, 1.807) is 0 Å². The maximum atomic E-state index is 5.94. The first-order valence-corrected chi connectivity index (χ1v) is 9.12. The molecule has 0 radical (unpaired) electrons. The van der Waals surface area contributed by atoms with Gasteiger partial charge in [-0.05, 0) is 25.0 Å². The largest absolute Gasteiger partial charge is 0.702 e. The van der Waals surface area contributed by atoms with Crippen molar-refractivity contribution in [3.8, 4) is 11.5 Å². The van der Waals surface area contributed by atoms with Crippen LogP contribution in [0.4, 0.5) is 0 Å². The van der Waals surface area contributed by atoms with E-state index in [2.05, 4.69) is 12.2 Å². The molecule has 2 aliphatic heterocycles. The van der Waals surface area contributed by atoms with Crippen LogP contribution in [0.5, 0.6) is 11.5 Å². The third-order valence-corrected chi connectivity index (χ3v) is 4.18. The Morgan fingerprint density at radius 1 is 0.667 bits per heavy atom. The summed E-state index contributed by atoms with van der Waals surface area (Å²) in [5.74, 6) is 1.37. The Morgan fingerprint density at radius 2 is 1.15 bits per heavy atom. The van der Waals surface area contributed by atoms with Crippen molar-refractivity contribution in [1.82, 2.24) is 0 Å². The van der Waals surface area contributed by atoms with Gasteiger partial charge < -0.3 is 23.2 Å². The topological polar surface area (TPSA) is 46.2 Å². The molecular formula is C20H20B2O5. The van der Waals surface area contributed by atoms with E-state index in [4.69, 9.17) is 23.2 Å². The summed E-state index contributed by atoms with van der Waals surface area (Å²) in [6, 6.07) is 15.5. The Hall–Kier alpha value is -2.47. The summed E-state index contributed by atoms with van der Waals surface area (Å²) in [5, 5.41) is 0. The molecule has 0 aliphatic carbocycles. The summed E-state index contributed by atoms with van der Waals surface area (Å²) in [7, 11) is -1.87. The molecular weight excluding hydrogens is 342 g/mol. The fraction of sp³-hybridized carbons (Fsp3) is 0.200. The van der Waals surface area contributed by atoms with Gasteiger partial charge in [0, 0.05) is 24.3 Å². The molecule has 2 aromatic rings. The zero-order valence-electron chi connectivity index (χ0n) is 15.0. The van der Waals surface area contributed by atoms with Crippen LogP contribution in [-0.2, 0) is 13.9 Å². The van der Waals surface area contributed by atoms with Crippen molar-refractivity contribution < 1.29 is 23.2 Å². The molecule has 2 aromatic carbocycles. The summed E-state index contributed by atoms with van der Waals surface area (Å²) >= 11 is 0. The summed E-state index contributed by atoms with van der Waals surface area (Å²) in [6.45, 7) is 0.944. The highest BCUT2D eigenvalue weighted by molar-refractivity contribution is 6.53. The highest BCUT2D eigenvalue weighted by Crippen LogP contribution is 2.24. The van der Waals surface area contributed by atoms with Crippen LogP contribution in [0.15, 0.2) is 60.7 Å². The van der Waals surface area contributed by atoms with Crippen LogP contribution >= 0.6 is 0 Å². The van der Waals surface area contributed by atoms with E-state index in [0.717, 1.165) is 24.0 Å². The molecule has 0 spiro atoms. The number of hydrogen-bond donors (Lipinski definition) is 0. The third kappa shape index (κ3) is 4.83. The molecule has 0 fully saturated rings. The van der Waals surface area contributed by atoms with Gasteiger partial charge in [-0.15, -0.1) is 0 Å². The van der Waals surface area contributed by atoms with Gasteiger partial charge in [-0.1, -0.05) is 60.7 Å². The quantitative estimate of drug-likeness (QED) is 0.756. The van der Waals surface area contributed by atoms with Gasteiger partial charge in [-0.2, -0.15) is 0 Å². The van der Waals surface area contributed by atoms with Crippen LogP contribution in [0.3, 0.4) is 0 Å². The predicted octanol–water partition coefficient (Wildman–Crippen LogP) is 4.00. The summed E-state index contributed by atoms with van der Waals surface area (Å²) in [4.78, 5) is 0. The van der Waals surface area contributed by atoms with Gasteiger partial charge in [-0.25, -0.2) is 0 Å². The molecule has 0 atom stereocenters. The van der Waals surface area contributed by atoms with Gasteiger partial charge in [0.1, 0.15) is 11.5 Å². The van der Waals surface area contributed by atoms with Gasteiger partial charge in [0.05, 0.1) is 0 Å². The minimum atomic E-state index is -0.933. The minimum absolute atomic E-state index is 0.472. The highest BCUT2D eigenvalue weighted by Gasteiger charge is 2.37. The molecule has 0 bridgehead atoms. The van der Waals surface area contributed by atoms with Gasteiger partial charge in [0.2, 0.25) is 0 Å². The second kappa shape index (κ2) is 8.95. The molecule has 5 nitrogen and oxygen atoms in total. The SMILES string of the molecule is C1=C\c2ccccc2OB(OB2OCC/C=C\c3ccccc3O2)OCC/1. The second-order valence-corrected chi connectivity index (χ2v) is 6.15. The van der Waals surface area contributed by atoms with Crippen molar-refractivity contribution in [2.45, 2.75) is 12.8 Å². The fourth-order valence-electron chi connectivity index (χ4n) is 2.84. The van der Waals surface area contributed by atoms with Crippen LogP contribution in [0, 0.1) is 0 Å². The number of benzene rings is 2. The average Bonchev–Trinajstić information content (AvgIpc) is 2.85. The van der Waals surface area contributed by atoms with E-state index in [1.165, 1.54) is 0 Å². The lowest BCUT2D eigenvalue weighted by atomic mass is 10.1. The second-order valence-electron chi connectivity index (χ2n) is 6.15. The molecule has 0 amide bonds. The first-order valence-electron chi connectivity index (χ1n) is 9.12. The lowest BCUT2D eigenvalue weighted by Gasteiger charge is -2.20. The van der Waals surface area contributed by atoms with Gasteiger partial charge >= 0.3 is 14.6 Å². The maximum absolute atomic E-state index is 5.94. The predicted molar refractivity (Wildman–Crippen MR) is 106 cm³/mol.